The maximum atomic E-state index is 12.9. The molecule has 2 aromatic rings. The second-order valence-electron chi connectivity index (χ2n) is 5.71. The Morgan fingerprint density at radius 3 is 2.17 bits per heavy atom. The fraction of sp³-hybridized carbons (Fsp3) is 0.294. The molecule has 3 rings (SSSR count). The Balaban J connectivity index is 1.80. The molecule has 0 unspecified atom stereocenters. The highest BCUT2D eigenvalue weighted by molar-refractivity contribution is 7.89. The van der Waals surface area contributed by atoms with Crippen molar-refractivity contribution in [3.8, 4) is 0 Å². The molecular formula is C17H18Cl2N2O2S. The molecule has 1 fully saturated rings. The Hall–Kier alpha value is -1.27. The van der Waals surface area contributed by atoms with Crippen LogP contribution in [0.2, 0.25) is 10.0 Å². The summed E-state index contributed by atoms with van der Waals surface area (Å²) in [5.74, 6) is 0. The topological polar surface area (TPSA) is 40.6 Å². The van der Waals surface area contributed by atoms with Crippen molar-refractivity contribution in [2.24, 2.45) is 0 Å². The first-order chi connectivity index (χ1) is 11.4. The molecule has 2 aromatic carbocycles. The summed E-state index contributed by atoms with van der Waals surface area (Å²) in [4.78, 5) is 2.31. The first-order valence-electron chi connectivity index (χ1n) is 7.66. The molecule has 0 atom stereocenters. The summed E-state index contributed by atoms with van der Waals surface area (Å²) in [6, 6.07) is 13.1. The normalized spacial score (nSPS) is 16.4. The fourth-order valence-electron chi connectivity index (χ4n) is 2.80. The van der Waals surface area contributed by atoms with Crippen molar-refractivity contribution in [2.45, 2.75) is 11.8 Å². The highest BCUT2D eigenvalue weighted by Crippen LogP contribution is 2.32. The molecule has 0 aliphatic carbocycles. The van der Waals surface area contributed by atoms with Crippen molar-refractivity contribution in [3.63, 3.8) is 0 Å². The number of halogens is 2. The van der Waals surface area contributed by atoms with Gasteiger partial charge in [0, 0.05) is 36.9 Å². The van der Waals surface area contributed by atoms with E-state index < -0.39 is 10.0 Å². The zero-order valence-corrected chi connectivity index (χ0v) is 15.6. The largest absolute Gasteiger partial charge is 0.369 e. The van der Waals surface area contributed by atoms with E-state index in [1.807, 2.05) is 30.3 Å². The predicted octanol–water partition coefficient (Wildman–Crippen LogP) is 3.81. The molecule has 0 aromatic heterocycles. The lowest BCUT2D eigenvalue weighted by Gasteiger charge is -2.35. The quantitative estimate of drug-likeness (QED) is 0.807. The van der Waals surface area contributed by atoms with Crippen LogP contribution in [0.3, 0.4) is 0 Å². The number of para-hydroxylation sites is 1. The Morgan fingerprint density at radius 2 is 1.54 bits per heavy atom. The number of piperazine rings is 1. The van der Waals surface area contributed by atoms with Gasteiger partial charge >= 0.3 is 0 Å². The smallest absolute Gasteiger partial charge is 0.244 e. The van der Waals surface area contributed by atoms with Gasteiger partial charge < -0.3 is 4.90 Å². The standard InChI is InChI=1S/C17H18Cl2N2O2S/c1-13-15(18)7-8-16(17(13)19)24(22,23)21-11-9-20(10-12-21)14-5-3-2-4-6-14/h2-8H,9-12H2,1H3. The van der Waals surface area contributed by atoms with E-state index in [2.05, 4.69) is 4.90 Å². The minimum absolute atomic E-state index is 0.124. The third-order valence-corrected chi connectivity index (χ3v) is 7.21. The zero-order chi connectivity index (χ0) is 17.3. The minimum atomic E-state index is -3.62. The number of anilines is 1. The average Bonchev–Trinajstić information content (AvgIpc) is 2.60. The van der Waals surface area contributed by atoms with Crippen LogP contribution in [0.4, 0.5) is 5.69 Å². The van der Waals surface area contributed by atoms with E-state index >= 15 is 0 Å². The minimum Gasteiger partial charge on any atom is -0.369 e. The van der Waals surface area contributed by atoms with Crippen LogP contribution in [-0.4, -0.2) is 38.9 Å². The maximum absolute atomic E-state index is 12.9. The van der Waals surface area contributed by atoms with Gasteiger partial charge in [-0.15, -0.1) is 0 Å². The molecule has 0 bridgehead atoms. The van der Waals surface area contributed by atoms with Gasteiger partial charge in [0.1, 0.15) is 4.90 Å². The highest BCUT2D eigenvalue weighted by atomic mass is 35.5. The summed E-state index contributed by atoms with van der Waals surface area (Å²) in [5.41, 5.74) is 1.69. The van der Waals surface area contributed by atoms with E-state index in [4.69, 9.17) is 23.2 Å². The number of rotatable bonds is 3. The third-order valence-electron chi connectivity index (χ3n) is 4.26. The molecule has 1 saturated heterocycles. The third kappa shape index (κ3) is 3.26. The lowest BCUT2D eigenvalue weighted by atomic mass is 10.2. The van der Waals surface area contributed by atoms with Gasteiger partial charge in [0.25, 0.3) is 0 Å². The molecule has 0 N–H and O–H groups in total. The van der Waals surface area contributed by atoms with Crippen molar-refractivity contribution < 1.29 is 8.42 Å². The van der Waals surface area contributed by atoms with Gasteiger partial charge in [-0.3, -0.25) is 0 Å². The van der Waals surface area contributed by atoms with Crippen LogP contribution in [0.1, 0.15) is 5.56 Å². The Morgan fingerprint density at radius 1 is 0.917 bits per heavy atom. The van der Waals surface area contributed by atoms with Gasteiger partial charge in [-0.25, -0.2) is 8.42 Å². The number of sulfonamides is 1. The van der Waals surface area contributed by atoms with E-state index in [1.54, 1.807) is 13.0 Å². The molecule has 0 amide bonds. The summed E-state index contributed by atoms with van der Waals surface area (Å²) in [6.45, 7) is 3.86. The number of hydrogen-bond donors (Lipinski definition) is 0. The summed E-state index contributed by atoms with van der Waals surface area (Å²) >= 11 is 12.2. The van der Waals surface area contributed by atoms with Crippen LogP contribution >= 0.6 is 23.2 Å². The molecule has 24 heavy (non-hydrogen) atoms. The van der Waals surface area contributed by atoms with E-state index in [-0.39, 0.29) is 9.92 Å². The van der Waals surface area contributed by atoms with Crippen molar-refractivity contribution in [3.05, 3.63) is 58.1 Å². The predicted molar refractivity (Wildman–Crippen MR) is 98.6 cm³/mol. The van der Waals surface area contributed by atoms with Crippen molar-refractivity contribution in [1.82, 2.24) is 4.31 Å². The molecular weight excluding hydrogens is 367 g/mol. The van der Waals surface area contributed by atoms with Crippen molar-refractivity contribution >= 4 is 38.9 Å². The second kappa shape index (κ2) is 6.92. The summed E-state index contributed by atoms with van der Waals surface area (Å²) < 4.78 is 27.3. The molecule has 1 aliphatic rings. The van der Waals surface area contributed by atoms with Gasteiger partial charge in [0.05, 0.1) is 5.02 Å². The van der Waals surface area contributed by atoms with Gasteiger partial charge in [-0.05, 0) is 36.8 Å². The first-order valence-corrected chi connectivity index (χ1v) is 9.85. The molecule has 1 aliphatic heterocycles. The van der Waals surface area contributed by atoms with Crippen molar-refractivity contribution in [2.75, 3.05) is 31.1 Å². The molecule has 0 radical (unpaired) electrons. The van der Waals surface area contributed by atoms with Crippen LogP contribution in [0.15, 0.2) is 47.4 Å². The lowest BCUT2D eigenvalue weighted by molar-refractivity contribution is 0.385. The Bertz CT molecular complexity index is 833. The SMILES string of the molecule is Cc1c(Cl)ccc(S(=O)(=O)N2CCN(c3ccccc3)CC2)c1Cl. The van der Waals surface area contributed by atoms with Gasteiger partial charge in [-0.2, -0.15) is 4.31 Å². The van der Waals surface area contributed by atoms with Crippen LogP contribution in [0.5, 0.6) is 0 Å². The van der Waals surface area contributed by atoms with Gasteiger partial charge in [0.15, 0.2) is 0 Å². The van der Waals surface area contributed by atoms with E-state index in [1.165, 1.54) is 10.4 Å². The summed E-state index contributed by atoms with van der Waals surface area (Å²) in [5, 5.41) is 0.667. The van der Waals surface area contributed by atoms with Crippen LogP contribution < -0.4 is 4.90 Å². The van der Waals surface area contributed by atoms with E-state index in [0.717, 1.165) is 5.69 Å². The molecule has 128 valence electrons. The number of hydrogen-bond acceptors (Lipinski definition) is 3. The Labute approximate surface area is 152 Å². The van der Waals surface area contributed by atoms with Gasteiger partial charge in [-0.1, -0.05) is 41.4 Å². The van der Waals surface area contributed by atoms with Crippen LogP contribution in [0, 0.1) is 6.92 Å². The zero-order valence-electron chi connectivity index (χ0n) is 13.2. The first kappa shape index (κ1) is 17.5. The van der Waals surface area contributed by atoms with Crippen molar-refractivity contribution in [1.29, 1.82) is 0 Å². The van der Waals surface area contributed by atoms with E-state index in [9.17, 15) is 8.42 Å². The fourth-order valence-corrected chi connectivity index (χ4v) is 5.01. The molecule has 0 saturated carbocycles. The Kier molecular flexibility index (Phi) is 5.06. The summed E-state index contributed by atoms with van der Waals surface area (Å²) in [7, 11) is -3.62. The molecule has 7 heteroatoms. The monoisotopic (exact) mass is 384 g/mol. The second-order valence-corrected chi connectivity index (χ2v) is 8.40. The van der Waals surface area contributed by atoms with E-state index in [0.29, 0.717) is 36.8 Å². The molecule has 4 nitrogen and oxygen atoms in total. The highest BCUT2D eigenvalue weighted by Gasteiger charge is 2.30. The molecule has 0 spiro atoms. The summed E-state index contributed by atoms with van der Waals surface area (Å²) in [6.07, 6.45) is 0. The maximum Gasteiger partial charge on any atom is 0.244 e. The van der Waals surface area contributed by atoms with Crippen LogP contribution in [0.25, 0.3) is 0 Å². The molecule has 1 heterocycles. The number of nitrogens with zero attached hydrogens (tertiary/aromatic N) is 2. The van der Waals surface area contributed by atoms with Crippen LogP contribution in [-0.2, 0) is 10.0 Å². The number of benzene rings is 2. The van der Waals surface area contributed by atoms with Gasteiger partial charge in [0.2, 0.25) is 10.0 Å². The lowest BCUT2D eigenvalue weighted by Crippen LogP contribution is -2.48. The average molecular weight is 385 g/mol.